The molecule has 6 nitrogen and oxygen atoms in total. The van der Waals surface area contributed by atoms with Gasteiger partial charge in [0.1, 0.15) is 12.4 Å². The van der Waals surface area contributed by atoms with Crippen LogP contribution >= 0.6 is 0 Å². The highest BCUT2D eigenvalue weighted by Crippen LogP contribution is 2.15. The monoisotopic (exact) mass is 510 g/mol. The molecule has 1 rings (SSSR count). The Labute approximate surface area is 221 Å². The zero-order valence-electron chi connectivity index (χ0n) is 23.3. The summed E-state index contributed by atoms with van der Waals surface area (Å²) in [6, 6.07) is 8.49. The second-order valence-electron chi connectivity index (χ2n) is 9.13. The summed E-state index contributed by atoms with van der Waals surface area (Å²) in [5.41, 5.74) is 1.39. The molecule has 0 aliphatic rings. The molecule has 210 valence electrons. The average Bonchev–Trinajstić information content (AvgIpc) is 2.90. The van der Waals surface area contributed by atoms with Crippen LogP contribution in [0.4, 0.5) is 0 Å². The van der Waals surface area contributed by atoms with Gasteiger partial charge in [0, 0.05) is 6.61 Å². The normalized spacial score (nSPS) is 11.3. The Morgan fingerprint density at radius 2 is 0.833 bits per heavy atom. The van der Waals surface area contributed by atoms with Crippen LogP contribution in [0.15, 0.2) is 24.3 Å². The summed E-state index contributed by atoms with van der Waals surface area (Å²) in [6.45, 7) is 11.1. The highest BCUT2D eigenvalue weighted by atomic mass is 16.6. The van der Waals surface area contributed by atoms with Crippen LogP contribution < -0.4 is 4.74 Å². The lowest BCUT2D eigenvalue weighted by molar-refractivity contribution is -0.0128. The number of ether oxygens (including phenoxy) is 6. The molecule has 36 heavy (non-hydrogen) atoms. The van der Waals surface area contributed by atoms with E-state index >= 15 is 0 Å². The first kappa shape index (κ1) is 32.8. The molecule has 0 bridgehead atoms. The topological polar surface area (TPSA) is 55.4 Å². The van der Waals surface area contributed by atoms with Gasteiger partial charge in [0.2, 0.25) is 0 Å². The maximum Gasteiger partial charge on any atom is 0.119 e. The van der Waals surface area contributed by atoms with Crippen LogP contribution in [0.5, 0.6) is 5.75 Å². The molecule has 0 N–H and O–H groups in total. The van der Waals surface area contributed by atoms with Crippen molar-refractivity contribution in [2.45, 2.75) is 84.5 Å². The lowest BCUT2D eigenvalue weighted by Gasteiger charge is -2.09. The van der Waals surface area contributed by atoms with E-state index in [9.17, 15) is 0 Å². The molecule has 0 aliphatic heterocycles. The van der Waals surface area contributed by atoms with Crippen molar-refractivity contribution in [2.24, 2.45) is 0 Å². The SMILES string of the molecule is CCCCCCCCCc1ccc(OCCOCCOCCOCCOCCOCCCCC)cc1. The maximum atomic E-state index is 5.76. The van der Waals surface area contributed by atoms with Crippen LogP contribution in [0.3, 0.4) is 0 Å². The number of unbranched alkanes of at least 4 members (excludes halogenated alkanes) is 8. The van der Waals surface area contributed by atoms with Crippen molar-refractivity contribution in [3.63, 3.8) is 0 Å². The molecule has 1 aromatic carbocycles. The van der Waals surface area contributed by atoms with E-state index in [2.05, 4.69) is 38.1 Å². The van der Waals surface area contributed by atoms with Crippen LogP contribution in [0.1, 0.15) is 83.6 Å². The minimum Gasteiger partial charge on any atom is -0.491 e. The first-order chi connectivity index (χ1) is 17.9. The second-order valence-corrected chi connectivity index (χ2v) is 9.13. The summed E-state index contributed by atoms with van der Waals surface area (Å²) in [7, 11) is 0. The van der Waals surface area contributed by atoms with Gasteiger partial charge in [0.15, 0.2) is 0 Å². The van der Waals surface area contributed by atoms with Crippen molar-refractivity contribution in [1.82, 2.24) is 0 Å². The lowest BCUT2D eigenvalue weighted by Crippen LogP contribution is -2.14. The van der Waals surface area contributed by atoms with E-state index in [1.54, 1.807) is 0 Å². The van der Waals surface area contributed by atoms with Gasteiger partial charge in [0.25, 0.3) is 0 Å². The van der Waals surface area contributed by atoms with Gasteiger partial charge >= 0.3 is 0 Å². The molecule has 0 amide bonds. The second kappa shape index (κ2) is 26.9. The molecule has 0 atom stereocenters. The zero-order chi connectivity index (χ0) is 25.8. The Hall–Kier alpha value is -1.18. The maximum absolute atomic E-state index is 5.76. The fourth-order valence-electron chi connectivity index (χ4n) is 3.69. The van der Waals surface area contributed by atoms with Crippen molar-refractivity contribution in [2.75, 3.05) is 72.7 Å². The Morgan fingerprint density at radius 1 is 0.417 bits per heavy atom. The molecule has 0 saturated heterocycles. The summed E-state index contributed by atoms with van der Waals surface area (Å²) in [5, 5.41) is 0. The van der Waals surface area contributed by atoms with Gasteiger partial charge in [-0.25, -0.2) is 0 Å². The van der Waals surface area contributed by atoms with Gasteiger partial charge in [-0.1, -0.05) is 77.3 Å². The Kier molecular flexibility index (Phi) is 24.5. The van der Waals surface area contributed by atoms with Crippen molar-refractivity contribution in [3.05, 3.63) is 29.8 Å². The van der Waals surface area contributed by atoms with E-state index in [4.69, 9.17) is 28.4 Å². The van der Waals surface area contributed by atoms with Gasteiger partial charge < -0.3 is 28.4 Å². The van der Waals surface area contributed by atoms with E-state index < -0.39 is 0 Å². The summed E-state index contributed by atoms with van der Waals surface area (Å²) in [6.07, 6.45) is 14.2. The van der Waals surface area contributed by atoms with Crippen molar-refractivity contribution in [1.29, 1.82) is 0 Å². The third kappa shape index (κ3) is 22.1. The third-order valence-corrected chi connectivity index (χ3v) is 5.87. The highest BCUT2D eigenvalue weighted by Gasteiger charge is 1.98. The molecule has 0 aromatic heterocycles. The standard InChI is InChI=1S/C30H54O6/c1-3-5-7-8-9-10-11-13-29-14-16-30(17-15-29)36-28-27-35-26-25-34-24-23-33-22-21-32-20-19-31-18-12-6-4-2/h14-17H,3-13,18-28H2,1-2H3. The van der Waals surface area contributed by atoms with Gasteiger partial charge in [0.05, 0.1) is 59.5 Å². The smallest absolute Gasteiger partial charge is 0.119 e. The van der Waals surface area contributed by atoms with Gasteiger partial charge in [-0.15, -0.1) is 0 Å². The van der Waals surface area contributed by atoms with Gasteiger partial charge in [-0.3, -0.25) is 0 Å². The van der Waals surface area contributed by atoms with E-state index in [0.717, 1.165) is 25.2 Å². The Bertz CT molecular complexity index is 551. The number of hydrogen-bond acceptors (Lipinski definition) is 6. The van der Waals surface area contributed by atoms with Crippen LogP contribution in [-0.4, -0.2) is 72.7 Å². The van der Waals surface area contributed by atoms with E-state index in [1.807, 2.05) is 0 Å². The predicted octanol–water partition coefficient (Wildman–Crippen LogP) is 6.63. The summed E-state index contributed by atoms with van der Waals surface area (Å²) in [5.74, 6) is 0.902. The van der Waals surface area contributed by atoms with E-state index in [1.165, 1.54) is 63.4 Å². The molecule has 0 heterocycles. The van der Waals surface area contributed by atoms with Gasteiger partial charge in [-0.2, -0.15) is 0 Å². The van der Waals surface area contributed by atoms with Crippen molar-refractivity contribution >= 4 is 0 Å². The summed E-state index contributed by atoms with van der Waals surface area (Å²) in [4.78, 5) is 0. The third-order valence-electron chi connectivity index (χ3n) is 5.87. The highest BCUT2D eigenvalue weighted by molar-refractivity contribution is 5.27. The van der Waals surface area contributed by atoms with Crippen molar-refractivity contribution < 1.29 is 28.4 Å². The largest absolute Gasteiger partial charge is 0.491 e. The van der Waals surface area contributed by atoms with E-state index in [0.29, 0.717) is 66.1 Å². The molecule has 0 aliphatic carbocycles. The zero-order valence-corrected chi connectivity index (χ0v) is 23.3. The molecular formula is C30H54O6. The summed E-state index contributed by atoms with van der Waals surface area (Å²) >= 11 is 0. The molecule has 0 radical (unpaired) electrons. The minimum atomic E-state index is 0.546. The quantitative estimate of drug-likeness (QED) is 0.118. The van der Waals surface area contributed by atoms with Crippen LogP contribution in [0.2, 0.25) is 0 Å². The van der Waals surface area contributed by atoms with Crippen LogP contribution in [0.25, 0.3) is 0 Å². The van der Waals surface area contributed by atoms with Crippen LogP contribution in [-0.2, 0) is 30.1 Å². The summed E-state index contributed by atoms with van der Waals surface area (Å²) < 4.78 is 33.3. The first-order valence-electron chi connectivity index (χ1n) is 14.5. The number of hydrogen-bond donors (Lipinski definition) is 0. The fourth-order valence-corrected chi connectivity index (χ4v) is 3.69. The number of benzene rings is 1. The Balaban J connectivity index is 1.80. The molecular weight excluding hydrogens is 456 g/mol. The molecule has 6 heteroatoms. The molecule has 0 fully saturated rings. The average molecular weight is 511 g/mol. The van der Waals surface area contributed by atoms with Crippen molar-refractivity contribution in [3.8, 4) is 5.75 Å². The minimum absolute atomic E-state index is 0.546. The van der Waals surface area contributed by atoms with E-state index in [-0.39, 0.29) is 0 Å². The number of rotatable bonds is 28. The van der Waals surface area contributed by atoms with Crippen LogP contribution in [0, 0.1) is 0 Å². The lowest BCUT2D eigenvalue weighted by atomic mass is 10.0. The predicted molar refractivity (Wildman–Crippen MR) is 147 cm³/mol. The Morgan fingerprint density at radius 3 is 1.36 bits per heavy atom. The molecule has 0 saturated carbocycles. The van der Waals surface area contributed by atoms with Gasteiger partial charge in [-0.05, 0) is 37.0 Å². The molecule has 1 aromatic rings. The molecule has 0 spiro atoms. The fraction of sp³-hybridized carbons (Fsp3) is 0.800. The molecule has 0 unspecified atom stereocenters. The number of aryl methyl sites for hydroxylation is 1. The first-order valence-corrected chi connectivity index (χ1v) is 14.5.